The van der Waals surface area contributed by atoms with E-state index in [0.717, 1.165) is 37.4 Å². The van der Waals surface area contributed by atoms with Crippen molar-refractivity contribution in [3.63, 3.8) is 0 Å². The SMILES string of the molecule is CCNC(CC)c1ccc(N(CCOC)CCOC)cn1. The average molecular weight is 295 g/mol. The van der Waals surface area contributed by atoms with Crippen molar-refractivity contribution in [1.29, 1.82) is 0 Å². The van der Waals surface area contributed by atoms with Crippen LogP contribution in [0.3, 0.4) is 0 Å². The van der Waals surface area contributed by atoms with Gasteiger partial charge in [0.1, 0.15) is 0 Å². The standard InChI is InChI=1S/C16H29N3O2/c1-5-15(17-6-2)16-8-7-14(13-18-16)19(9-11-20-3)10-12-21-4/h7-8,13,15,17H,5-6,9-12H2,1-4H3. The van der Waals surface area contributed by atoms with Crippen molar-refractivity contribution in [3.05, 3.63) is 24.0 Å². The highest BCUT2D eigenvalue weighted by atomic mass is 16.5. The summed E-state index contributed by atoms with van der Waals surface area (Å²) in [6, 6.07) is 4.57. The number of anilines is 1. The summed E-state index contributed by atoms with van der Waals surface area (Å²) < 4.78 is 10.3. The first-order valence-electron chi connectivity index (χ1n) is 7.68. The molecule has 0 saturated carbocycles. The Hall–Kier alpha value is -1.17. The zero-order valence-electron chi connectivity index (χ0n) is 13.8. The van der Waals surface area contributed by atoms with Gasteiger partial charge >= 0.3 is 0 Å². The highest BCUT2D eigenvalue weighted by Crippen LogP contribution is 2.18. The Bertz CT molecular complexity index is 362. The first kappa shape index (κ1) is 17.9. The lowest BCUT2D eigenvalue weighted by Gasteiger charge is -2.24. The molecule has 1 aromatic rings. The van der Waals surface area contributed by atoms with Crippen LogP contribution in [-0.4, -0.2) is 52.1 Å². The summed E-state index contributed by atoms with van der Waals surface area (Å²) in [6.45, 7) is 8.31. The van der Waals surface area contributed by atoms with E-state index in [2.05, 4.69) is 41.2 Å². The van der Waals surface area contributed by atoms with Crippen molar-refractivity contribution in [1.82, 2.24) is 10.3 Å². The number of pyridine rings is 1. The maximum atomic E-state index is 5.17. The quantitative estimate of drug-likeness (QED) is 0.678. The van der Waals surface area contributed by atoms with Crippen LogP contribution in [0.5, 0.6) is 0 Å². The molecule has 0 spiro atoms. The van der Waals surface area contributed by atoms with Gasteiger partial charge in [-0.15, -0.1) is 0 Å². The van der Waals surface area contributed by atoms with Gasteiger partial charge in [-0.05, 0) is 25.1 Å². The molecule has 0 bridgehead atoms. The van der Waals surface area contributed by atoms with Crippen LogP contribution in [0.25, 0.3) is 0 Å². The Kier molecular flexibility index (Phi) is 8.98. The summed E-state index contributed by atoms with van der Waals surface area (Å²) in [6.07, 6.45) is 2.98. The third kappa shape index (κ3) is 5.99. The van der Waals surface area contributed by atoms with Crippen LogP contribution in [0.1, 0.15) is 32.0 Å². The fraction of sp³-hybridized carbons (Fsp3) is 0.688. The van der Waals surface area contributed by atoms with E-state index in [1.165, 1.54) is 0 Å². The normalized spacial score (nSPS) is 12.4. The van der Waals surface area contributed by atoms with Crippen molar-refractivity contribution < 1.29 is 9.47 Å². The third-order valence-corrected chi connectivity index (χ3v) is 3.48. The van der Waals surface area contributed by atoms with Crippen molar-refractivity contribution >= 4 is 5.69 Å². The fourth-order valence-corrected chi connectivity index (χ4v) is 2.27. The lowest BCUT2D eigenvalue weighted by Crippen LogP contribution is -2.30. The number of hydrogen-bond acceptors (Lipinski definition) is 5. The van der Waals surface area contributed by atoms with Crippen LogP contribution in [0.4, 0.5) is 5.69 Å². The molecule has 0 radical (unpaired) electrons. The Morgan fingerprint density at radius 2 is 1.81 bits per heavy atom. The van der Waals surface area contributed by atoms with Crippen molar-refractivity contribution in [2.75, 3.05) is 52.0 Å². The van der Waals surface area contributed by atoms with Crippen LogP contribution in [-0.2, 0) is 9.47 Å². The Morgan fingerprint density at radius 1 is 1.14 bits per heavy atom. The Balaban J connectivity index is 2.75. The summed E-state index contributed by atoms with van der Waals surface area (Å²) in [5.41, 5.74) is 2.21. The first-order valence-corrected chi connectivity index (χ1v) is 7.68. The predicted octanol–water partition coefficient (Wildman–Crippen LogP) is 2.24. The average Bonchev–Trinajstić information content (AvgIpc) is 2.53. The lowest BCUT2D eigenvalue weighted by atomic mass is 10.1. The first-order chi connectivity index (χ1) is 10.3. The van der Waals surface area contributed by atoms with E-state index in [1.807, 2.05) is 6.20 Å². The monoisotopic (exact) mass is 295 g/mol. The maximum absolute atomic E-state index is 5.17. The fourth-order valence-electron chi connectivity index (χ4n) is 2.27. The molecule has 120 valence electrons. The zero-order chi connectivity index (χ0) is 15.5. The third-order valence-electron chi connectivity index (χ3n) is 3.48. The molecule has 0 saturated heterocycles. The molecule has 21 heavy (non-hydrogen) atoms. The number of hydrogen-bond donors (Lipinski definition) is 1. The molecular formula is C16H29N3O2. The van der Waals surface area contributed by atoms with Gasteiger partial charge in [-0.2, -0.15) is 0 Å². The van der Waals surface area contributed by atoms with E-state index in [1.54, 1.807) is 14.2 Å². The largest absolute Gasteiger partial charge is 0.383 e. The zero-order valence-corrected chi connectivity index (χ0v) is 13.8. The number of rotatable bonds is 11. The van der Waals surface area contributed by atoms with Gasteiger partial charge in [0.25, 0.3) is 0 Å². The smallest absolute Gasteiger partial charge is 0.0637 e. The predicted molar refractivity (Wildman–Crippen MR) is 86.9 cm³/mol. The molecule has 0 fully saturated rings. The molecule has 1 atom stereocenters. The molecule has 0 aliphatic rings. The molecule has 1 rings (SSSR count). The lowest BCUT2D eigenvalue weighted by molar-refractivity contribution is 0.190. The maximum Gasteiger partial charge on any atom is 0.0637 e. The van der Waals surface area contributed by atoms with Gasteiger partial charge < -0.3 is 19.7 Å². The van der Waals surface area contributed by atoms with Crippen molar-refractivity contribution in [2.24, 2.45) is 0 Å². The number of nitrogens with one attached hydrogen (secondary N) is 1. The molecule has 0 aliphatic heterocycles. The molecule has 0 aliphatic carbocycles. The minimum Gasteiger partial charge on any atom is -0.383 e. The van der Waals surface area contributed by atoms with Gasteiger partial charge in [-0.25, -0.2) is 0 Å². The minimum atomic E-state index is 0.329. The Morgan fingerprint density at radius 3 is 2.24 bits per heavy atom. The molecule has 0 amide bonds. The minimum absolute atomic E-state index is 0.329. The van der Waals surface area contributed by atoms with E-state index >= 15 is 0 Å². The van der Waals surface area contributed by atoms with E-state index in [-0.39, 0.29) is 0 Å². The molecule has 1 heterocycles. The summed E-state index contributed by atoms with van der Waals surface area (Å²) in [5, 5.41) is 3.45. The number of aromatic nitrogens is 1. The molecule has 5 heteroatoms. The van der Waals surface area contributed by atoms with Crippen LogP contribution in [0.2, 0.25) is 0 Å². The van der Waals surface area contributed by atoms with Crippen LogP contribution in [0, 0.1) is 0 Å². The Labute approximate surface area is 128 Å². The molecule has 1 N–H and O–H groups in total. The second-order valence-corrected chi connectivity index (χ2v) is 4.93. The molecule has 1 unspecified atom stereocenters. The molecule has 1 aromatic heterocycles. The summed E-state index contributed by atoms with van der Waals surface area (Å²) in [7, 11) is 3.44. The van der Waals surface area contributed by atoms with Crippen molar-refractivity contribution in [2.45, 2.75) is 26.3 Å². The van der Waals surface area contributed by atoms with Gasteiger partial charge in [0, 0.05) is 33.4 Å². The summed E-state index contributed by atoms with van der Waals surface area (Å²) in [5.74, 6) is 0. The van der Waals surface area contributed by atoms with Crippen LogP contribution < -0.4 is 10.2 Å². The van der Waals surface area contributed by atoms with Crippen LogP contribution in [0.15, 0.2) is 18.3 Å². The highest BCUT2D eigenvalue weighted by Gasteiger charge is 2.11. The second-order valence-electron chi connectivity index (χ2n) is 4.93. The molecule has 0 aromatic carbocycles. The van der Waals surface area contributed by atoms with E-state index < -0.39 is 0 Å². The second kappa shape index (κ2) is 10.5. The molecular weight excluding hydrogens is 266 g/mol. The van der Waals surface area contributed by atoms with Gasteiger partial charge in [0.15, 0.2) is 0 Å². The highest BCUT2D eigenvalue weighted by molar-refractivity contribution is 5.44. The number of ether oxygens (including phenoxy) is 2. The summed E-state index contributed by atoms with van der Waals surface area (Å²) in [4.78, 5) is 6.85. The molecule has 5 nitrogen and oxygen atoms in total. The summed E-state index contributed by atoms with van der Waals surface area (Å²) >= 11 is 0. The van der Waals surface area contributed by atoms with Crippen LogP contribution >= 0.6 is 0 Å². The number of nitrogens with zero attached hydrogens (tertiary/aromatic N) is 2. The topological polar surface area (TPSA) is 46.6 Å². The van der Waals surface area contributed by atoms with Gasteiger partial charge in [0.05, 0.1) is 30.8 Å². The van der Waals surface area contributed by atoms with Gasteiger partial charge in [-0.3, -0.25) is 4.98 Å². The van der Waals surface area contributed by atoms with E-state index in [0.29, 0.717) is 19.3 Å². The van der Waals surface area contributed by atoms with Crippen molar-refractivity contribution in [3.8, 4) is 0 Å². The van der Waals surface area contributed by atoms with Gasteiger partial charge in [0.2, 0.25) is 0 Å². The van der Waals surface area contributed by atoms with E-state index in [9.17, 15) is 0 Å². The van der Waals surface area contributed by atoms with E-state index in [4.69, 9.17) is 9.47 Å². The van der Waals surface area contributed by atoms with Gasteiger partial charge in [-0.1, -0.05) is 13.8 Å². The number of methoxy groups -OCH3 is 2.